The molecule has 1 unspecified atom stereocenters. The zero-order valence-corrected chi connectivity index (χ0v) is 14.0. The average Bonchev–Trinajstić information content (AvgIpc) is 2.81. The van der Waals surface area contributed by atoms with Gasteiger partial charge in [-0.15, -0.1) is 0 Å². The van der Waals surface area contributed by atoms with Gasteiger partial charge >= 0.3 is 5.97 Å². The van der Waals surface area contributed by atoms with E-state index in [2.05, 4.69) is 31.6 Å². The van der Waals surface area contributed by atoms with E-state index in [1.54, 1.807) is 0 Å². The Morgan fingerprint density at radius 2 is 2.24 bits per heavy atom. The van der Waals surface area contributed by atoms with E-state index in [4.69, 9.17) is 0 Å². The summed E-state index contributed by atoms with van der Waals surface area (Å²) in [5.74, 6) is -0.292. The lowest BCUT2D eigenvalue weighted by atomic mass is 9.95. The third-order valence-electron chi connectivity index (χ3n) is 3.87. The lowest BCUT2D eigenvalue weighted by Crippen LogP contribution is -2.47. The van der Waals surface area contributed by atoms with Gasteiger partial charge in [0.1, 0.15) is 5.54 Å². The van der Waals surface area contributed by atoms with Crippen LogP contribution in [0.4, 0.5) is 11.4 Å². The summed E-state index contributed by atoms with van der Waals surface area (Å²) >= 11 is 3.47. The quantitative estimate of drug-likeness (QED) is 0.780. The van der Waals surface area contributed by atoms with Crippen molar-refractivity contribution < 1.29 is 9.53 Å². The minimum Gasteiger partial charge on any atom is -0.469 e. The number of hydrogen-bond donors (Lipinski definition) is 0. The van der Waals surface area contributed by atoms with Crippen molar-refractivity contribution in [3.8, 4) is 6.07 Å². The number of anilines is 2. The second-order valence-electron chi connectivity index (χ2n) is 5.36. The molecule has 5 nitrogen and oxygen atoms in total. The molecule has 1 aliphatic rings. The van der Waals surface area contributed by atoms with Gasteiger partial charge in [-0.2, -0.15) is 5.26 Å². The van der Waals surface area contributed by atoms with Crippen LogP contribution in [0.2, 0.25) is 0 Å². The molecule has 0 saturated heterocycles. The maximum absolute atomic E-state index is 11.4. The van der Waals surface area contributed by atoms with Crippen molar-refractivity contribution in [1.82, 2.24) is 0 Å². The minimum atomic E-state index is -0.748. The Morgan fingerprint density at radius 3 is 2.86 bits per heavy atom. The van der Waals surface area contributed by atoms with Gasteiger partial charge in [-0.3, -0.25) is 4.79 Å². The number of halogens is 1. The molecule has 0 aliphatic carbocycles. The summed E-state index contributed by atoms with van der Waals surface area (Å²) in [7, 11) is 3.35. The number of methoxy groups -OCH3 is 1. The largest absolute Gasteiger partial charge is 0.469 e. The topological polar surface area (TPSA) is 56.6 Å². The molecule has 0 radical (unpaired) electrons. The lowest BCUT2D eigenvalue weighted by Gasteiger charge is -2.34. The van der Waals surface area contributed by atoms with Crippen molar-refractivity contribution in [3.63, 3.8) is 0 Å². The van der Waals surface area contributed by atoms with Crippen LogP contribution in [0.1, 0.15) is 19.8 Å². The number of nitriles is 1. The van der Waals surface area contributed by atoms with Gasteiger partial charge in [-0.05, 0) is 31.5 Å². The van der Waals surface area contributed by atoms with Gasteiger partial charge in [-0.25, -0.2) is 0 Å². The molecule has 1 atom stereocenters. The van der Waals surface area contributed by atoms with Crippen molar-refractivity contribution in [2.75, 3.05) is 30.6 Å². The maximum atomic E-state index is 11.4. The SMILES string of the molecule is COC(=O)CCC(C)(C#N)N1CN(C)c2cc(Br)ccc21. The molecule has 0 bridgehead atoms. The van der Waals surface area contributed by atoms with Gasteiger partial charge < -0.3 is 14.5 Å². The molecule has 1 aliphatic heterocycles. The second kappa shape index (κ2) is 5.94. The van der Waals surface area contributed by atoms with Crippen LogP contribution in [-0.4, -0.2) is 32.3 Å². The molecule has 112 valence electrons. The van der Waals surface area contributed by atoms with E-state index in [1.165, 1.54) is 7.11 Å². The summed E-state index contributed by atoms with van der Waals surface area (Å²) in [6.45, 7) is 2.48. The fourth-order valence-corrected chi connectivity index (χ4v) is 2.86. The van der Waals surface area contributed by atoms with Crippen LogP contribution in [0.3, 0.4) is 0 Å². The highest BCUT2D eigenvalue weighted by Crippen LogP contribution is 2.41. The molecule has 0 N–H and O–H groups in total. The van der Waals surface area contributed by atoms with E-state index in [9.17, 15) is 10.1 Å². The summed E-state index contributed by atoms with van der Waals surface area (Å²) in [4.78, 5) is 15.5. The Bertz CT molecular complexity index is 599. The Kier molecular flexibility index (Phi) is 4.43. The van der Waals surface area contributed by atoms with Crippen LogP contribution in [0.15, 0.2) is 22.7 Å². The lowest BCUT2D eigenvalue weighted by molar-refractivity contribution is -0.140. The monoisotopic (exact) mass is 351 g/mol. The zero-order chi connectivity index (χ0) is 15.6. The van der Waals surface area contributed by atoms with Crippen LogP contribution in [-0.2, 0) is 9.53 Å². The third-order valence-corrected chi connectivity index (χ3v) is 4.37. The number of carbonyl (C=O) groups excluding carboxylic acids is 1. The smallest absolute Gasteiger partial charge is 0.305 e. The van der Waals surface area contributed by atoms with Gasteiger partial charge in [0.2, 0.25) is 0 Å². The number of benzene rings is 1. The Labute approximate surface area is 133 Å². The van der Waals surface area contributed by atoms with Crippen LogP contribution >= 0.6 is 15.9 Å². The number of hydrogen-bond acceptors (Lipinski definition) is 5. The predicted octanol–water partition coefficient (Wildman–Crippen LogP) is 2.90. The predicted molar refractivity (Wildman–Crippen MR) is 85.2 cm³/mol. The summed E-state index contributed by atoms with van der Waals surface area (Å²) in [5, 5.41) is 9.63. The highest BCUT2D eigenvalue weighted by molar-refractivity contribution is 9.10. The van der Waals surface area contributed by atoms with Crippen molar-refractivity contribution in [3.05, 3.63) is 22.7 Å². The van der Waals surface area contributed by atoms with Gasteiger partial charge in [0.15, 0.2) is 0 Å². The Hall–Kier alpha value is -1.74. The van der Waals surface area contributed by atoms with Gasteiger partial charge in [0.25, 0.3) is 0 Å². The van der Waals surface area contributed by atoms with Crippen LogP contribution in [0.5, 0.6) is 0 Å². The first-order chi connectivity index (χ1) is 9.91. The number of ether oxygens (including phenoxy) is 1. The second-order valence-corrected chi connectivity index (χ2v) is 6.28. The summed E-state index contributed by atoms with van der Waals surface area (Å²) in [6, 6.07) is 8.35. The number of nitrogens with zero attached hydrogens (tertiary/aromatic N) is 3. The summed E-state index contributed by atoms with van der Waals surface area (Å²) in [6.07, 6.45) is 0.659. The van der Waals surface area contributed by atoms with Gasteiger partial charge in [0, 0.05) is 17.9 Å². The summed E-state index contributed by atoms with van der Waals surface area (Å²) in [5.41, 5.74) is 1.33. The molecule has 0 spiro atoms. The molecule has 0 saturated carbocycles. The number of fused-ring (bicyclic) bond motifs is 1. The molecular formula is C15H18BrN3O2. The molecule has 2 rings (SSSR count). The van der Waals surface area contributed by atoms with Crippen LogP contribution < -0.4 is 9.80 Å². The highest BCUT2D eigenvalue weighted by Gasteiger charge is 2.38. The minimum absolute atomic E-state index is 0.229. The fraction of sp³-hybridized carbons (Fsp3) is 0.467. The van der Waals surface area contributed by atoms with Gasteiger partial charge in [0.05, 0.1) is 31.2 Å². The van der Waals surface area contributed by atoms with Crippen molar-refractivity contribution in [2.24, 2.45) is 0 Å². The molecule has 1 aromatic rings. The maximum Gasteiger partial charge on any atom is 0.305 e. The van der Waals surface area contributed by atoms with Crippen LogP contribution in [0, 0.1) is 11.3 Å². The first-order valence-corrected chi connectivity index (χ1v) is 7.47. The standard InChI is InChI=1S/C15H18BrN3O2/c1-15(9-17,7-6-14(20)21-3)19-10-18(2)13-8-11(16)4-5-12(13)19/h4-5,8H,6-7,10H2,1-3H3. The fourth-order valence-electron chi connectivity index (χ4n) is 2.52. The molecule has 1 aromatic carbocycles. The first-order valence-electron chi connectivity index (χ1n) is 6.67. The Morgan fingerprint density at radius 1 is 1.52 bits per heavy atom. The van der Waals surface area contributed by atoms with E-state index < -0.39 is 5.54 Å². The molecule has 1 heterocycles. The zero-order valence-electron chi connectivity index (χ0n) is 12.4. The molecule has 0 amide bonds. The molecule has 0 aromatic heterocycles. The van der Waals surface area contributed by atoms with E-state index in [0.29, 0.717) is 13.1 Å². The van der Waals surface area contributed by atoms with Crippen molar-refractivity contribution >= 4 is 33.3 Å². The first kappa shape index (κ1) is 15.6. The van der Waals surface area contributed by atoms with E-state index >= 15 is 0 Å². The van der Waals surface area contributed by atoms with E-state index in [0.717, 1.165) is 15.8 Å². The number of rotatable bonds is 4. The third kappa shape index (κ3) is 2.98. The number of esters is 1. The van der Waals surface area contributed by atoms with Crippen LogP contribution in [0.25, 0.3) is 0 Å². The number of carbonyl (C=O) groups is 1. The van der Waals surface area contributed by atoms with Crippen molar-refractivity contribution in [2.45, 2.75) is 25.3 Å². The van der Waals surface area contributed by atoms with E-state index in [1.807, 2.05) is 37.1 Å². The van der Waals surface area contributed by atoms with Crippen molar-refractivity contribution in [1.29, 1.82) is 5.26 Å². The normalized spacial score (nSPS) is 16.1. The average molecular weight is 352 g/mol. The van der Waals surface area contributed by atoms with E-state index in [-0.39, 0.29) is 12.4 Å². The Balaban J connectivity index is 2.29. The van der Waals surface area contributed by atoms with Gasteiger partial charge in [-0.1, -0.05) is 15.9 Å². The summed E-state index contributed by atoms with van der Waals surface area (Å²) < 4.78 is 5.68. The molecule has 0 fully saturated rings. The highest BCUT2D eigenvalue weighted by atomic mass is 79.9. The molecule has 6 heteroatoms. The molecular weight excluding hydrogens is 334 g/mol. The molecule has 21 heavy (non-hydrogen) atoms.